The van der Waals surface area contributed by atoms with Gasteiger partial charge in [-0.05, 0) is 24.3 Å². The maximum absolute atomic E-state index is 6.00. The molecule has 3 rings (SSSR count). The number of aromatic nitrogens is 2. The molecule has 0 radical (unpaired) electrons. The molecule has 1 atom stereocenters. The van der Waals surface area contributed by atoms with Gasteiger partial charge in [-0.25, -0.2) is 4.98 Å². The fourth-order valence-corrected chi connectivity index (χ4v) is 2.97. The van der Waals surface area contributed by atoms with Crippen molar-refractivity contribution >= 4 is 39.5 Å². The van der Waals surface area contributed by atoms with Gasteiger partial charge in [0.05, 0.1) is 10.5 Å². The highest BCUT2D eigenvalue weighted by Crippen LogP contribution is 2.25. The lowest BCUT2D eigenvalue weighted by Crippen LogP contribution is -2.09. The van der Waals surface area contributed by atoms with E-state index in [4.69, 9.17) is 11.6 Å². The molecule has 2 aromatic heterocycles. The van der Waals surface area contributed by atoms with Gasteiger partial charge in [0.15, 0.2) is 0 Å². The molecule has 20 heavy (non-hydrogen) atoms. The second-order valence-electron chi connectivity index (χ2n) is 4.67. The minimum absolute atomic E-state index is 0.380. The smallest absolute Gasteiger partial charge is 0.0970 e. The predicted molar refractivity (Wildman–Crippen MR) is 85.8 cm³/mol. The largest absolute Gasteiger partial charge is 0.384 e. The molecule has 0 amide bonds. The first-order chi connectivity index (χ1) is 9.74. The number of hydrogen-bond donors (Lipinski definition) is 1. The first-order valence-electron chi connectivity index (χ1n) is 6.41. The van der Waals surface area contributed by atoms with Gasteiger partial charge in [0, 0.05) is 46.3 Å². The van der Waals surface area contributed by atoms with Gasteiger partial charge in [-0.15, -0.1) is 11.3 Å². The topological polar surface area (TPSA) is 37.8 Å². The number of nitrogens with one attached hydrogen (secondary N) is 1. The van der Waals surface area contributed by atoms with Crippen LogP contribution in [0.25, 0.3) is 10.9 Å². The van der Waals surface area contributed by atoms with Crippen LogP contribution in [0.2, 0.25) is 5.02 Å². The zero-order chi connectivity index (χ0) is 13.9. The Morgan fingerprint density at radius 1 is 1.25 bits per heavy atom. The average Bonchev–Trinajstić information content (AvgIpc) is 2.98. The van der Waals surface area contributed by atoms with E-state index in [1.807, 2.05) is 35.8 Å². The number of nitrogens with zero attached hydrogens (tertiary/aromatic N) is 2. The van der Waals surface area contributed by atoms with Crippen molar-refractivity contribution in [2.45, 2.75) is 12.8 Å². The van der Waals surface area contributed by atoms with E-state index in [2.05, 4.69) is 22.2 Å². The lowest BCUT2D eigenvalue weighted by Gasteiger charge is -2.13. The summed E-state index contributed by atoms with van der Waals surface area (Å²) in [6, 6.07) is 7.76. The van der Waals surface area contributed by atoms with Crippen molar-refractivity contribution in [3.63, 3.8) is 0 Å². The molecule has 0 bridgehead atoms. The third-order valence-corrected chi connectivity index (χ3v) is 4.42. The number of fused-ring (bicyclic) bond motifs is 1. The van der Waals surface area contributed by atoms with Gasteiger partial charge in [0.25, 0.3) is 0 Å². The molecular weight excluding hydrogens is 290 g/mol. The first-order valence-corrected chi connectivity index (χ1v) is 7.67. The number of anilines is 1. The summed E-state index contributed by atoms with van der Waals surface area (Å²) in [6.45, 7) is 3.02. The van der Waals surface area contributed by atoms with Crippen molar-refractivity contribution < 1.29 is 0 Å². The Balaban J connectivity index is 1.81. The molecule has 0 aliphatic rings. The van der Waals surface area contributed by atoms with E-state index >= 15 is 0 Å². The number of rotatable bonds is 4. The molecule has 3 nitrogen and oxygen atoms in total. The average molecular weight is 304 g/mol. The predicted octanol–water partition coefficient (Wildman–Crippen LogP) is 4.56. The van der Waals surface area contributed by atoms with Crippen LogP contribution in [-0.2, 0) is 0 Å². The molecule has 1 N–H and O–H groups in total. The van der Waals surface area contributed by atoms with Gasteiger partial charge in [0.2, 0.25) is 0 Å². The minimum atomic E-state index is 0.380. The van der Waals surface area contributed by atoms with E-state index in [0.29, 0.717) is 10.9 Å². The zero-order valence-corrected chi connectivity index (χ0v) is 12.6. The maximum atomic E-state index is 6.00. The molecule has 102 valence electrons. The van der Waals surface area contributed by atoms with Crippen LogP contribution in [0.3, 0.4) is 0 Å². The molecule has 5 heteroatoms. The Kier molecular flexibility index (Phi) is 3.85. The Bertz CT molecular complexity index is 712. The van der Waals surface area contributed by atoms with Crippen molar-refractivity contribution in [3.8, 4) is 0 Å². The Hall–Kier alpha value is -1.65. The summed E-state index contributed by atoms with van der Waals surface area (Å²) < 4.78 is 0. The van der Waals surface area contributed by atoms with Crippen LogP contribution in [-0.4, -0.2) is 16.5 Å². The summed E-state index contributed by atoms with van der Waals surface area (Å²) in [6.07, 6.45) is 3.65. The van der Waals surface area contributed by atoms with E-state index < -0.39 is 0 Å². The molecule has 0 spiro atoms. The highest BCUT2D eigenvalue weighted by Gasteiger charge is 2.09. The Labute approximate surface area is 126 Å². The number of thiazole rings is 1. The minimum Gasteiger partial charge on any atom is -0.384 e. The molecule has 1 aromatic carbocycles. The second kappa shape index (κ2) is 5.77. The molecule has 1 unspecified atom stereocenters. The molecular formula is C15H14ClN3S. The molecule has 0 saturated carbocycles. The van der Waals surface area contributed by atoms with Crippen LogP contribution >= 0.6 is 22.9 Å². The van der Waals surface area contributed by atoms with Crippen molar-refractivity contribution in [2.24, 2.45) is 0 Å². The number of hydrogen-bond acceptors (Lipinski definition) is 4. The van der Waals surface area contributed by atoms with Crippen molar-refractivity contribution in [3.05, 3.63) is 52.1 Å². The first kappa shape index (κ1) is 13.3. The quantitative estimate of drug-likeness (QED) is 0.767. The van der Waals surface area contributed by atoms with E-state index in [1.54, 1.807) is 17.5 Å². The van der Waals surface area contributed by atoms with Crippen molar-refractivity contribution in [1.29, 1.82) is 0 Å². The molecule has 0 aliphatic carbocycles. The van der Waals surface area contributed by atoms with Gasteiger partial charge < -0.3 is 5.32 Å². The van der Waals surface area contributed by atoms with E-state index in [1.165, 1.54) is 0 Å². The van der Waals surface area contributed by atoms with Crippen molar-refractivity contribution in [2.75, 3.05) is 11.9 Å². The SMILES string of the molecule is CC(CNc1ccnc2cc(Cl)ccc12)c1nccs1. The third-order valence-electron chi connectivity index (χ3n) is 3.18. The highest BCUT2D eigenvalue weighted by atomic mass is 35.5. The molecule has 3 aromatic rings. The number of halogens is 1. The van der Waals surface area contributed by atoms with E-state index in [-0.39, 0.29) is 0 Å². The zero-order valence-electron chi connectivity index (χ0n) is 11.0. The summed E-state index contributed by atoms with van der Waals surface area (Å²) in [5.74, 6) is 0.380. The highest BCUT2D eigenvalue weighted by molar-refractivity contribution is 7.09. The van der Waals surface area contributed by atoms with Crippen LogP contribution in [0.4, 0.5) is 5.69 Å². The summed E-state index contributed by atoms with van der Waals surface area (Å²) in [5, 5.41) is 8.43. The molecule has 0 fully saturated rings. The van der Waals surface area contributed by atoms with Gasteiger partial charge in [-0.2, -0.15) is 0 Å². The maximum Gasteiger partial charge on any atom is 0.0970 e. The lowest BCUT2D eigenvalue weighted by molar-refractivity contribution is 0.795. The van der Waals surface area contributed by atoms with Crippen LogP contribution in [0.15, 0.2) is 42.0 Å². The van der Waals surface area contributed by atoms with Gasteiger partial charge in [-0.1, -0.05) is 18.5 Å². The van der Waals surface area contributed by atoms with Crippen LogP contribution in [0.5, 0.6) is 0 Å². The van der Waals surface area contributed by atoms with Crippen LogP contribution in [0, 0.1) is 0 Å². The number of pyridine rings is 1. The number of benzene rings is 1. The van der Waals surface area contributed by atoms with Gasteiger partial charge in [-0.3, -0.25) is 4.98 Å². The summed E-state index contributed by atoms with van der Waals surface area (Å²) in [7, 11) is 0. The summed E-state index contributed by atoms with van der Waals surface area (Å²) in [4.78, 5) is 8.70. The van der Waals surface area contributed by atoms with Gasteiger partial charge in [0.1, 0.15) is 0 Å². The Morgan fingerprint density at radius 3 is 2.95 bits per heavy atom. The normalized spacial score (nSPS) is 12.5. The molecule has 0 aliphatic heterocycles. The summed E-state index contributed by atoms with van der Waals surface area (Å²) >= 11 is 7.69. The van der Waals surface area contributed by atoms with E-state index in [0.717, 1.165) is 28.1 Å². The summed E-state index contributed by atoms with van der Waals surface area (Å²) in [5.41, 5.74) is 1.99. The second-order valence-corrected chi connectivity index (χ2v) is 6.03. The standard InChI is InChI=1S/C15H14ClN3S/c1-10(15-18-6-7-20-15)9-19-13-4-5-17-14-8-11(16)2-3-12(13)14/h2-8,10H,9H2,1H3,(H,17,19). The van der Waals surface area contributed by atoms with E-state index in [9.17, 15) is 0 Å². The lowest BCUT2D eigenvalue weighted by atomic mass is 10.1. The molecule has 0 saturated heterocycles. The fraction of sp³-hybridized carbons (Fsp3) is 0.200. The fourth-order valence-electron chi connectivity index (χ4n) is 2.10. The third kappa shape index (κ3) is 2.76. The molecule has 2 heterocycles. The van der Waals surface area contributed by atoms with Crippen LogP contribution in [0.1, 0.15) is 17.8 Å². The Morgan fingerprint density at radius 2 is 2.15 bits per heavy atom. The van der Waals surface area contributed by atoms with Gasteiger partial charge >= 0.3 is 0 Å². The monoisotopic (exact) mass is 303 g/mol. The van der Waals surface area contributed by atoms with Crippen molar-refractivity contribution in [1.82, 2.24) is 9.97 Å². The van der Waals surface area contributed by atoms with Crippen LogP contribution < -0.4 is 5.32 Å².